The van der Waals surface area contributed by atoms with Crippen molar-refractivity contribution in [3.8, 4) is 5.75 Å². The Morgan fingerprint density at radius 2 is 2.31 bits per heavy atom. The van der Waals surface area contributed by atoms with Crippen LogP contribution in [0.2, 0.25) is 0 Å². The predicted octanol–water partition coefficient (Wildman–Crippen LogP) is 3.75. The molecule has 0 fully saturated rings. The molecule has 1 unspecified atom stereocenters. The molecule has 84 valence electrons. The van der Waals surface area contributed by atoms with E-state index in [1.165, 1.54) is 6.42 Å². The Morgan fingerprint density at radius 3 is 2.94 bits per heavy atom. The maximum absolute atomic E-state index is 10.6. The predicted molar refractivity (Wildman–Crippen MR) is 66.9 cm³/mol. The van der Waals surface area contributed by atoms with Gasteiger partial charge in [0.2, 0.25) is 0 Å². The zero-order chi connectivity index (χ0) is 11.4. The van der Waals surface area contributed by atoms with Crippen molar-refractivity contribution in [2.75, 3.05) is 0 Å². The Balaban J connectivity index is 2.11. The van der Waals surface area contributed by atoms with Crippen molar-refractivity contribution < 1.29 is 9.53 Å². The number of benzene rings is 1. The second-order valence-corrected chi connectivity index (χ2v) is 4.68. The summed E-state index contributed by atoms with van der Waals surface area (Å²) in [7, 11) is 0. The van der Waals surface area contributed by atoms with Crippen LogP contribution in [0.15, 0.2) is 34.8 Å². The molecule has 16 heavy (non-hydrogen) atoms. The number of rotatable bonds is 3. The van der Waals surface area contributed by atoms with Crippen molar-refractivity contribution in [1.29, 1.82) is 0 Å². The third-order valence-electron chi connectivity index (χ3n) is 2.58. The lowest BCUT2D eigenvalue weighted by molar-refractivity contribution is 0.112. The number of allylic oxidation sites excluding steroid dienone is 1. The number of hydrogen-bond acceptors (Lipinski definition) is 2. The zero-order valence-electron chi connectivity index (χ0n) is 8.86. The first-order valence-electron chi connectivity index (χ1n) is 5.37. The maximum Gasteiger partial charge on any atom is 0.150 e. The molecule has 0 bridgehead atoms. The van der Waals surface area contributed by atoms with Crippen molar-refractivity contribution in [3.05, 3.63) is 40.4 Å². The molecule has 0 saturated carbocycles. The number of carbonyl (C=O) groups excluding carboxylic acids is 1. The van der Waals surface area contributed by atoms with E-state index in [-0.39, 0.29) is 6.10 Å². The Morgan fingerprint density at radius 1 is 1.44 bits per heavy atom. The van der Waals surface area contributed by atoms with Gasteiger partial charge in [-0.2, -0.15) is 0 Å². The maximum atomic E-state index is 10.6. The van der Waals surface area contributed by atoms with Crippen molar-refractivity contribution in [1.82, 2.24) is 0 Å². The molecule has 0 aromatic heterocycles. The third-order valence-corrected chi connectivity index (χ3v) is 3.20. The van der Waals surface area contributed by atoms with E-state index in [0.29, 0.717) is 5.56 Å². The van der Waals surface area contributed by atoms with Gasteiger partial charge in [0.15, 0.2) is 0 Å². The van der Waals surface area contributed by atoms with Crippen LogP contribution in [0.4, 0.5) is 0 Å². The largest absolute Gasteiger partial charge is 0.485 e. The molecule has 0 N–H and O–H groups in total. The van der Waals surface area contributed by atoms with Gasteiger partial charge in [-0.1, -0.05) is 6.08 Å². The van der Waals surface area contributed by atoms with E-state index in [2.05, 4.69) is 28.1 Å². The normalized spacial score (nSPS) is 19.4. The van der Waals surface area contributed by atoms with E-state index in [1.54, 1.807) is 12.1 Å². The summed E-state index contributed by atoms with van der Waals surface area (Å²) in [5, 5.41) is 0. The topological polar surface area (TPSA) is 26.3 Å². The molecule has 1 aromatic carbocycles. The van der Waals surface area contributed by atoms with E-state index in [0.717, 1.165) is 29.4 Å². The Labute approximate surface area is 103 Å². The van der Waals surface area contributed by atoms with Gasteiger partial charge in [-0.05, 0) is 59.5 Å². The lowest BCUT2D eigenvalue weighted by atomic mass is 10.1. The minimum absolute atomic E-state index is 0.159. The van der Waals surface area contributed by atoms with Gasteiger partial charge in [0, 0.05) is 5.56 Å². The average Bonchev–Trinajstić information content (AvgIpc) is 2.33. The van der Waals surface area contributed by atoms with Crippen LogP contribution >= 0.6 is 15.9 Å². The first-order valence-corrected chi connectivity index (χ1v) is 6.17. The van der Waals surface area contributed by atoms with Gasteiger partial charge in [0.1, 0.15) is 18.1 Å². The van der Waals surface area contributed by atoms with E-state index >= 15 is 0 Å². The molecule has 0 spiro atoms. The molecule has 1 aliphatic carbocycles. The fraction of sp³-hybridized carbons (Fsp3) is 0.308. The van der Waals surface area contributed by atoms with Crippen LogP contribution < -0.4 is 4.74 Å². The molecular formula is C13H13BrO2. The van der Waals surface area contributed by atoms with Crippen LogP contribution in [0.1, 0.15) is 29.6 Å². The second-order valence-electron chi connectivity index (χ2n) is 3.82. The second kappa shape index (κ2) is 5.30. The summed E-state index contributed by atoms with van der Waals surface area (Å²) in [4.78, 5) is 10.6. The fourth-order valence-electron chi connectivity index (χ4n) is 1.73. The highest BCUT2D eigenvalue weighted by atomic mass is 79.9. The van der Waals surface area contributed by atoms with Gasteiger partial charge in [-0.15, -0.1) is 0 Å². The van der Waals surface area contributed by atoms with Crippen molar-refractivity contribution >= 4 is 22.2 Å². The summed E-state index contributed by atoms with van der Waals surface area (Å²) < 4.78 is 6.67. The van der Waals surface area contributed by atoms with Gasteiger partial charge < -0.3 is 4.74 Å². The van der Waals surface area contributed by atoms with Crippen molar-refractivity contribution in [3.63, 3.8) is 0 Å². The van der Waals surface area contributed by atoms with Crippen LogP contribution in [0.5, 0.6) is 5.75 Å². The van der Waals surface area contributed by atoms with Gasteiger partial charge >= 0.3 is 0 Å². The summed E-state index contributed by atoms with van der Waals surface area (Å²) in [6.45, 7) is 0. The standard InChI is InChI=1S/C13H13BrO2/c14-12-8-10(9-15)6-7-13(12)16-11-4-2-1-3-5-11/h2,4,6-9,11H,1,3,5H2. The van der Waals surface area contributed by atoms with Crippen molar-refractivity contribution in [2.45, 2.75) is 25.4 Å². The average molecular weight is 281 g/mol. The van der Waals surface area contributed by atoms with Gasteiger partial charge in [0.25, 0.3) is 0 Å². The van der Waals surface area contributed by atoms with Crippen molar-refractivity contribution in [2.24, 2.45) is 0 Å². The van der Waals surface area contributed by atoms with Crippen LogP contribution in [0.3, 0.4) is 0 Å². The first kappa shape index (κ1) is 11.4. The summed E-state index contributed by atoms with van der Waals surface area (Å²) in [5.74, 6) is 0.794. The number of ether oxygens (including phenoxy) is 1. The van der Waals surface area contributed by atoms with Crippen LogP contribution in [0.25, 0.3) is 0 Å². The molecule has 0 heterocycles. The quantitative estimate of drug-likeness (QED) is 0.623. The van der Waals surface area contributed by atoms with Gasteiger partial charge in [-0.3, -0.25) is 4.79 Å². The van der Waals surface area contributed by atoms with Crippen LogP contribution in [-0.2, 0) is 0 Å². The first-order chi connectivity index (χ1) is 7.79. The lowest BCUT2D eigenvalue weighted by Gasteiger charge is -2.19. The molecule has 3 heteroatoms. The van der Waals surface area contributed by atoms with Gasteiger partial charge in [0.05, 0.1) is 4.47 Å². The molecule has 1 aromatic rings. The van der Waals surface area contributed by atoms with E-state index < -0.39 is 0 Å². The molecule has 1 aliphatic rings. The summed E-state index contributed by atoms with van der Waals surface area (Å²) in [6, 6.07) is 5.37. The highest BCUT2D eigenvalue weighted by Crippen LogP contribution is 2.28. The molecule has 0 saturated heterocycles. The highest BCUT2D eigenvalue weighted by molar-refractivity contribution is 9.10. The third kappa shape index (κ3) is 2.73. The number of aldehydes is 1. The summed E-state index contributed by atoms with van der Waals surface area (Å²) in [6.07, 6.45) is 8.61. The summed E-state index contributed by atoms with van der Waals surface area (Å²) >= 11 is 3.41. The minimum atomic E-state index is 0.159. The minimum Gasteiger partial charge on any atom is -0.485 e. The molecule has 2 nitrogen and oxygen atoms in total. The molecular weight excluding hydrogens is 268 g/mol. The number of carbonyl (C=O) groups is 1. The Kier molecular flexibility index (Phi) is 3.78. The highest BCUT2D eigenvalue weighted by Gasteiger charge is 2.11. The molecule has 0 aliphatic heterocycles. The lowest BCUT2D eigenvalue weighted by Crippen LogP contribution is -2.15. The van der Waals surface area contributed by atoms with E-state index in [9.17, 15) is 4.79 Å². The van der Waals surface area contributed by atoms with Crippen LogP contribution in [0, 0.1) is 0 Å². The fourth-order valence-corrected chi connectivity index (χ4v) is 2.22. The van der Waals surface area contributed by atoms with E-state index in [4.69, 9.17) is 4.74 Å². The molecule has 0 amide bonds. The molecule has 2 rings (SSSR count). The molecule has 0 radical (unpaired) electrons. The number of halogens is 1. The zero-order valence-corrected chi connectivity index (χ0v) is 10.4. The van der Waals surface area contributed by atoms with E-state index in [1.807, 2.05) is 6.07 Å². The smallest absolute Gasteiger partial charge is 0.150 e. The summed E-state index contributed by atoms with van der Waals surface area (Å²) in [5.41, 5.74) is 0.651. The number of hydrogen-bond donors (Lipinski definition) is 0. The Hall–Kier alpha value is -1.09. The van der Waals surface area contributed by atoms with Crippen LogP contribution in [-0.4, -0.2) is 12.4 Å². The SMILES string of the molecule is O=Cc1ccc(OC2C=CCCC2)c(Br)c1. The van der Waals surface area contributed by atoms with Gasteiger partial charge in [-0.25, -0.2) is 0 Å². The Bertz CT molecular complexity index is 412. The molecule has 1 atom stereocenters. The monoisotopic (exact) mass is 280 g/mol.